The minimum Gasteiger partial charge on any atom is -0.490 e. The zero-order chi connectivity index (χ0) is 22.7. The lowest BCUT2D eigenvalue weighted by Gasteiger charge is -2.27. The standard InChI is InChI=1S/C21H29N3O5S/c1-14(2)12-21(3,22)13-29-17-7-6-15(10-18(17)30(5,27)28)16-8-9-23-19(11-16)24(4)20(25)26/h6-11,14H,12-13,22H2,1-5H3,(H,25,26). The van der Waals surface area contributed by atoms with Crippen molar-refractivity contribution in [2.45, 2.75) is 37.6 Å². The van der Waals surface area contributed by atoms with Gasteiger partial charge < -0.3 is 15.6 Å². The number of benzene rings is 1. The van der Waals surface area contributed by atoms with Crippen molar-refractivity contribution in [3.05, 3.63) is 36.5 Å². The highest BCUT2D eigenvalue weighted by Crippen LogP contribution is 2.32. The summed E-state index contributed by atoms with van der Waals surface area (Å²) in [5, 5.41) is 9.14. The Bertz CT molecular complexity index is 1020. The van der Waals surface area contributed by atoms with Crippen LogP contribution < -0.4 is 15.4 Å². The van der Waals surface area contributed by atoms with Gasteiger partial charge in [0.25, 0.3) is 0 Å². The van der Waals surface area contributed by atoms with Crippen LogP contribution in [0.3, 0.4) is 0 Å². The average molecular weight is 436 g/mol. The maximum atomic E-state index is 12.4. The Hall–Kier alpha value is -2.65. The number of nitrogens with two attached hydrogens (primary N) is 1. The molecule has 0 spiro atoms. The number of aromatic nitrogens is 1. The highest BCUT2D eigenvalue weighted by atomic mass is 32.2. The van der Waals surface area contributed by atoms with E-state index >= 15 is 0 Å². The number of amides is 1. The van der Waals surface area contributed by atoms with E-state index in [1.807, 2.05) is 6.92 Å². The van der Waals surface area contributed by atoms with Gasteiger partial charge in [-0.25, -0.2) is 18.2 Å². The third-order valence-corrected chi connectivity index (χ3v) is 5.60. The monoisotopic (exact) mass is 435 g/mol. The lowest BCUT2D eigenvalue weighted by molar-refractivity contribution is 0.203. The molecule has 1 amide bonds. The van der Waals surface area contributed by atoms with Crippen LogP contribution >= 0.6 is 0 Å². The molecule has 1 aromatic carbocycles. The smallest absolute Gasteiger partial charge is 0.412 e. The number of pyridine rings is 1. The van der Waals surface area contributed by atoms with Gasteiger partial charge in [0.05, 0.1) is 0 Å². The van der Waals surface area contributed by atoms with Gasteiger partial charge in [-0.15, -0.1) is 0 Å². The first kappa shape index (κ1) is 23.6. The SMILES string of the molecule is CC(C)CC(C)(N)COc1ccc(-c2ccnc(N(C)C(=O)O)c2)cc1S(C)(=O)=O. The van der Waals surface area contributed by atoms with Gasteiger partial charge in [0.2, 0.25) is 0 Å². The van der Waals surface area contributed by atoms with Gasteiger partial charge in [0.1, 0.15) is 23.1 Å². The van der Waals surface area contributed by atoms with Crippen molar-refractivity contribution in [3.8, 4) is 16.9 Å². The van der Waals surface area contributed by atoms with Gasteiger partial charge in [-0.1, -0.05) is 19.9 Å². The second-order valence-electron chi connectivity index (χ2n) is 8.22. The number of ether oxygens (including phenoxy) is 1. The Morgan fingerprint density at radius 2 is 1.90 bits per heavy atom. The van der Waals surface area contributed by atoms with E-state index < -0.39 is 21.5 Å². The molecule has 0 fully saturated rings. The molecule has 1 unspecified atom stereocenters. The number of hydrogen-bond donors (Lipinski definition) is 2. The zero-order valence-electron chi connectivity index (χ0n) is 17.9. The number of hydrogen-bond acceptors (Lipinski definition) is 6. The van der Waals surface area contributed by atoms with Crippen LogP contribution in [0.5, 0.6) is 5.75 Å². The first-order chi connectivity index (χ1) is 13.8. The van der Waals surface area contributed by atoms with Gasteiger partial charge in [-0.05, 0) is 54.7 Å². The van der Waals surface area contributed by atoms with Crippen molar-refractivity contribution in [2.24, 2.45) is 11.7 Å². The van der Waals surface area contributed by atoms with Crippen molar-refractivity contribution in [1.82, 2.24) is 4.98 Å². The molecule has 0 saturated heterocycles. The van der Waals surface area contributed by atoms with Crippen molar-refractivity contribution >= 4 is 21.7 Å². The zero-order valence-corrected chi connectivity index (χ0v) is 18.7. The minimum absolute atomic E-state index is 0.0466. The van der Waals surface area contributed by atoms with Crippen LogP contribution in [0, 0.1) is 5.92 Å². The summed E-state index contributed by atoms with van der Waals surface area (Å²) in [6.45, 7) is 6.17. The summed E-state index contributed by atoms with van der Waals surface area (Å²) < 4.78 is 30.6. The van der Waals surface area contributed by atoms with Crippen LogP contribution in [0.2, 0.25) is 0 Å². The van der Waals surface area contributed by atoms with Crippen molar-refractivity contribution < 1.29 is 23.1 Å². The van der Waals surface area contributed by atoms with Crippen LogP contribution in [-0.2, 0) is 9.84 Å². The molecule has 1 aromatic heterocycles. The second-order valence-corrected chi connectivity index (χ2v) is 10.2. The number of rotatable bonds is 8. The Labute approximate surface area is 177 Å². The third kappa shape index (κ3) is 6.17. The predicted molar refractivity (Wildman–Crippen MR) is 117 cm³/mol. The summed E-state index contributed by atoms with van der Waals surface area (Å²) in [5.74, 6) is 0.845. The molecule has 0 saturated carbocycles. The van der Waals surface area contributed by atoms with Gasteiger partial charge in [-0.3, -0.25) is 4.90 Å². The lowest BCUT2D eigenvalue weighted by atomic mass is 9.93. The molecule has 30 heavy (non-hydrogen) atoms. The van der Waals surface area contributed by atoms with E-state index in [1.54, 1.807) is 24.3 Å². The molecule has 8 nitrogen and oxygen atoms in total. The summed E-state index contributed by atoms with van der Waals surface area (Å²) >= 11 is 0. The van der Waals surface area contributed by atoms with Gasteiger partial charge in [0, 0.05) is 25.0 Å². The first-order valence-corrected chi connectivity index (χ1v) is 11.4. The maximum absolute atomic E-state index is 12.4. The molecule has 0 aliphatic rings. The third-order valence-electron chi connectivity index (χ3n) is 4.48. The van der Waals surface area contributed by atoms with Crippen molar-refractivity contribution in [2.75, 3.05) is 24.8 Å². The molecular weight excluding hydrogens is 406 g/mol. The molecule has 164 valence electrons. The van der Waals surface area contributed by atoms with E-state index in [4.69, 9.17) is 15.6 Å². The van der Waals surface area contributed by atoms with E-state index in [0.717, 1.165) is 17.6 Å². The fourth-order valence-corrected chi connectivity index (χ4v) is 4.04. The lowest BCUT2D eigenvalue weighted by Crippen LogP contribution is -2.43. The normalized spacial score (nSPS) is 13.7. The van der Waals surface area contributed by atoms with Crippen molar-refractivity contribution in [3.63, 3.8) is 0 Å². The molecule has 2 aromatic rings. The molecular formula is C21H29N3O5S. The van der Waals surface area contributed by atoms with E-state index in [2.05, 4.69) is 18.8 Å². The Balaban J connectivity index is 2.40. The highest BCUT2D eigenvalue weighted by molar-refractivity contribution is 7.90. The van der Waals surface area contributed by atoms with Gasteiger partial charge in [-0.2, -0.15) is 0 Å². The van der Waals surface area contributed by atoms with E-state index in [9.17, 15) is 13.2 Å². The molecule has 0 aliphatic heterocycles. The molecule has 2 rings (SSSR count). The molecule has 9 heteroatoms. The van der Waals surface area contributed by atoms with Crippen molar-refractivity contribution in [1.29, 1.82) is 0 Å². The maximum Gasteiger partial charge on any atom is 0.412 e. The fraction of sp³-hybridized carbons (Fsp3) is 0.429. The Kier molecular flexibility index (Phi) is 7.10. The van der Waals surface area contributed by atoms with Gasteiger partial charge in [0.15, 0.2) is 9.84 Å². The summed E-state index contributed by atoms with van der Waals surface area (Å²) in [6.07, 6.45) is 2.17. The van der Waals surface area contributed by atoms with Crippen LogP contribution in [-0.4, -0.2) is 50.1 Å². The first-order valence-electron chi connectivity index (χ1n) is 9.49. The quantitative estimate of drug-likeness (QED) is 0.651. The molecule has 0 radical (unpaired) electrons. The molecule has 0 bridgehead atoms. The summed E-state index contributed by atoms with van der Waals surface area (Å²) in [6, 6.07) is 8.09. The van der Waals surface area contributed by atoms with Crippen LogP contribution in [0.15, 0.2) is 41.4 Å². The minimum atomic E-state index is -3.58. The van der Waals surface area contributed by atoms with Crippen LogP contribution in [0.1, 0.15) is 27.2 Å². The fourth-order valence-electron chi connectivity index (χ4n) is 3.21. The largest absolute Gasteiger partial charge is 0.490 e. The molecule has 1 heterocycles. The van der Waals surface area contributed by atoms with Crippen LogP contribution in [0.25, 0.3) is 11.1 Å². The van der Waals surface area contributed by atoms with Crippen LogP contribution in [0.4, 0.5) is 10.6 Å². The number of carboxylic acid groups (broad SMARTS) is 1. The average Bonchev–Trinajstić information content (AvgIpc) is 2.64. The number of nitrogens with zero attached hydrogens (tertiary/aromatic N) is 2. The van der Waals surface area contributed by atoms with E-state index in [-0.39, 0.29) is 23.1 Å². The predicted octanol–water partition coefficient (Wildman–Crippen LogP) is 3.41. The molecule has 0 aliphatic carbocycles. The number of anilines is 1. The summed E-state index contributed by atoms with van der Waals surface area (Å²) in [5.41, 5.74) is 6.92. The molecule has 3 N–H and O–H groups in total. The van der Waals surface area contributed by atoms with E-state index in [1.165, 1.54) is 19.3 Å². The Morgan fingerprint density at radius 1 is 1.27 bits per heavy atom. The van der Waals surface area contributed by atoms with Gasteiger partial charge >= 0.3 is 6.09 Å². The number of carbonyl (C=O) groups is 1. The topological polar surface area (TPSA) is 123 Å². The summed E-state index contributed by atoms with van der Waals surface area (Å²) in [7, 11) is -2.20. The summed E-state index contributed by atoms with van der Waals surface area (Å²) in [4.78, 5) is 16.2. The van der Waals surface area contributed by atoms with E-state index in [0.29, 0.717) is 17.0 Å². The number of sulfone groups is 1. The molecule has 1 atom stereocenters. The highest BCUT2D eigenvalue weighted by Gasteiger charge is 2.23. The Morgan fingerprint density at radius 3 is 2.47 bits per heavy atom. The second kappa shape index (κ2) is 9.01.